The van der Waals surface area contributed by atoms with Crippen LogP contribution in [0.15, 0.2) is 11.6 Å². The first-order chi connectivity index (χ1) is 14.9. The van der Waals surface area contributed by atoms with Crippen molar-refractivity contribution in [1.29, 1.82) is 0 Å². The van der Waals surface area contributed by atoms with Crippen molar-refractivity contribution in [2.24, 2.45) is 63.6 Å². The molecule has 2 heteroatoms. The highest BCUT2D eigenvalue weighted by atomic mass is 16.3. The highest BCUT2D eigenvalue weighted by molar-refractivity contribution is 5.29. The lowest BCUT2D eigenvalue weighted by molar-refractivity contribution is -0.0886. The van der Waals surface area contributed by atoms with Crippen LogP contribution in [-0.2, 0) is 0 Å². The lowest BCUT2D eigenvalue weighted by atomic mass is 9.46. The van der Waals surface area contributed by atoms with E-state index >= 15 is 0 Å². The van der Waals surface area contributed by atoms with Gasteiger partial charge < -0.3 is 10.2 Å². The summed E-state index contributed by atoms with van der Waals surface area (Å²) in [6.07, 6.45) is 11.1. The first-order valence-electron chi connectivity index (χ1n) is 14.0. The topological polar surface area (TPSA) is 40.5 Å². The van der Waals surface area contributed by atoms with Gasteiger partial charge in [-0.1, -0.05) is 54.5 Å². The number of fused-ring (bicyclic) bond motifs is 5. The number of aliphatic hydroxyl groups is 2. The molecule has 5 aliphatic rings. The van der Waals surface area contributed by atoms with E-state index in [1.54, 1.807) is 0 Å². The molecule has 0 aliphatic heterocycles. The minimum Gasteiger partial charge on any atom is -0.389 e. The van der Waals surface area contributed by atoms with E-state index in [2.05, 4.69) is 48.5 Å². The molecule has 0 bridgehead atoms. The predicted molar refractivity (Wildman–Crippen MR) is 132 cm³/mol. The molecule has 12 unspecified atom stereocenters. The van der Waals surface area contributed by atoms with Gasteiger partial charge in [-0.15, -0.1) is 0 Å². The van der Waals surface area contributed by atoms with E-state index in [4.69, 9.17) is 0 Å². The van der Waals surface area contributed by atoms with E-state index in [-0.39, 0.29) is 17.6 Å². The molecule has 0 aromatic heterocycles. The first-order valence-corrected chi connectivity index (χ1v) is 14.0. The molecule has 12 atom stereocenters. The molecule has 4 saturated carbocycles. The number of rotatable bonds is 4. The number of aliphatic hydroxyl groups excluding tert-OH is 2. The van der Waals surface area contributed by atoms with Gasteiger partial charge in [-0.25, -0.2) is 0 Å². The summed E-state index contributed by atoms with van der Waals surface area (Å²) in [6.45, 7) is 17.6. The van der Waals surface area contributed by atoms with Gasteiger partial charge in [0, 0.05) is 0 Å². The molecule has 0 aromatic carbocycles. The van der Waals surface area contributed by atoms with Crippen LogP contribution in [0.2, 0.25) is 0 Å². The molecule has 0 radical (unpaired) electrons. The second-order valence-electron chi connectivity index (χ2n) is 14.2. The summed E-state index contributed by atoms with van der Waals surface area (Å²) >= 11 is 0. The number of hydrogen-bond donors (Lipinski definition) is 2. The Balaban J connectivity index is 1.37. The molecule has 0 spiro atoms. The maximum absolute atomic E-state index is 11.2. The van der Waals surface area contributed by atoms with Gasteiger partial charge in [0.15, 0.2) is 0 Å². The highest BCUT2D eigenvalue weighted by Crippen LogP contribution is 2.71. The lowest BCUT2D eigenvalue weighted by Gasteiger charge is -2.60. The SMILES string of the molecule is CC(C)C(C)C1(C)CC1C(C)C1CCC2C3CC(O)C4=CC(O)CCC4(C)C3CCC12C. The minimum atomic E-state index is -0.351. The molecule has 0 heterocycles. The molecule has 5 rings (SSSR count). The monoisotopic (exact) mass is 442 g/mol. The maximum Gasteiger partial charge on any atom is 0.0759 e. The minimum absolute atomic E-state index is 0.106. The summed E-state index contributed by atoms with van der Waals surface area (Å²) in [5, 5.41) is 21.5. The Morgan fingerprint density at radius 2 is 1.59 bits per heavy atom. The van der Waals surface area contributed by atoms with E-state index in [1.807, 2.05) is 6.08 Å². The van der Waals surface area contributed by atoms with Crippen LogP contribution < -0.4 is 0 Å². The van der Waals surface area contributed by atoms with Crippen LogP contribution in [0.4, 0.5) is 0 Å². The summed E-state index contributed by atoms with van der Waals surface area (Å²) in [5.41, 5.74) is 2.29. The average Bonchev–Trinajstić information content (AvgIpc) is 3.30. The third kappa shape index (κ3) is 3.17. The fraction of sp³-hybridized carbons (Fsp3) is 0.933. The van der Waals surface area contributed by atoms with Gasteiger partial charge in [0.2, 0.25) is 0 Å². The second-order valence-corrected chi connectivity index (χ2v) is 14.2. The van der Waals surface area contributed by atoms with Crippen molar-refractivity contribution in [3.05, 3.63) is 11.6 Å². The van der Waals surface area contributed by atoms with Gasteiger partial charge in [0.25, 0.3) is 0 Å². The zero-order chi connectivity index (χ0) is 23.2. The van der Waals surface area contributed by atoms with Crippen LogP contribution in [-0.4, -0.2) is 22.4 Å². The van der Waals surface area contributed by atoms with Crippen molar-refractivity contribution in [3.63, 3.8) is 0 Å². The van der Waals surface area contributed by atoms with Crippen LogP contribution >= 0.6 is 0 Å². The molecule has 5 aliphatic carbocycles. The molecule has 2 nitrogen and oxygen atoms in total. The Morgan fingerprint density at radius 3 is 2.28 bits per heavy atom. The van der Waals surface area contributed by atoms with Crippen LogP contribution in [0.5, 0.6) is 0 Å². The van der Waals surface area contributed by atoms with Crippen LogP contribution in [0.3, 0.4) is 0 Å². The van der Waals surface area contributed by atoms with Crippen LogP contribution in [0.25, 0.3) is 0 Å². The largest absolute Gasteiger partial charge is 0.389 e. The van der Waals surface area contributed by atoms with Crippen LogP contribution in [0.1, 0.15) is 99.8 Å². The van der Waals surface area contributed by atoms with Crippen molar-refractivity contribution >= 4 is 0 Å². The summed E-state index contributed by atoms with van der Waals surface area (Å²) in [4.78, 5) is 0. The molecule has 182 valence electrons. The Hall–Kier alpha value is -0.340. The van der Waals surface area contributed by atoms with Crippen molar-refractivity contribution < 1.29 is 10.2 Å². The summed E-state index contributed by atoms with van der Waals surface area (Å²) in [5.74, 6) is 6.33. The first kappa shape index (κ1) is 23.4. The van der Waals surface area contributed by atoms with Crippen molar-refractivity contribution in [3.8, 4) is 0 Å². The molecule has 0 saturated heterocycles. The van der Waals surface area contributed by atoms with Crippen LogP contribution in [0, 0.1) is 63.6 Å². The van der Waals surface area contributed by atoms with Crippen molar-refractivity contribution in [2.45, 2.75) is 112 Å². The Labute approximate surface area is 197 Å². The standard InChI is InChI=1S/C30H50O2/c1-17(2)19(4)30(7)16-26(30)18(3)22-8-9-23-21-15-27(32)25-14-20(31)10-12-29(25,6)24(21)11-13-28(22,23)5/h14,17-24,26-27,31-32H,8-13,15-16H2,1-7H3. The van der Waals surface area contributed by atoms with Gasteiger partial charge in [0.1, 0.15) is 0 Å². The molecule has 4 fully saturated rings. The molecular weight excluding hydrogens is 392 g/mol. The van der Waals surface area contributed by atoms with Gasteiger partial charge in [-0.2, -0.15) is 0 Å². The second kappa shape index (κ2) is 7.58. The Morgan fingerprint density at radius 1 is 0.875 bits per heavy atom. The normalized spacial score (nSPS) is 54.3. The van der Waals surface area contributed by atoms with Gasteiger partial charge in [-0.05, 0) is 121 Å². The smallest absolute Gasteiger partial charge is 0.0759 e. The third-order valence-corrected chi connectivity index (χ3v) is 12.8. The molecule has 32 heavy (non-hydrogen) atoms. The Bertz CT molecular complexity index is 771. The van der Waals surface area contributed by atoms with E-state index in [9.17, 15) is 10.2 Å². The summed E-state index contributed by atoms with van der Waals surface area (Å²) in [6, 6.07) is 0. The Kier molecular flexibility index (Phi) is 5.54. The highest BCUT2D eigenvalue weighted by Gasteiger charge is 2.64. The van der Waals surface area contributed by atoms with Gasteiger partial charge >= 0.3 is 0 Å². The fourth-order valence-corrected chi connectivity index (χ4v) is 10.4. The summed E-state index contributed by atoms with van der Waals surface area (Å²) < 4.78 is 0. The molecular formula is C30H50O2. The van der Waals surface area contributed by atoms with Crippen molar-refractivity contribution in [1.82, 2.24) is 0 Å². The zero-order valence-electron chi connectivity index (χ0n) is 21.9. The molecule has 2 N–H and O–H groups in total. The van der Waals surface area contributed by atoms with Crippen molar-refractivity contribution in [2.75, 3.05) is 0 Å². The van der Waals surface area contributed by atoms with Gasteiger partial charge in [-0.3, -0.25) is 0 Å². The van der Waals surface area contributed by atoms with E-state index in [0.717, 1.165) is 54.8 Å². The summed E-state index contributed by atoms with van der Waals surface area (Å²) in [7, 11) is 0. The van der Waals surface area contributed by atoms with E-state index in [0.29, 0.717) is 22.7 Å². The lowest BCUT2D eigenvalue weighted by Crippen LogP contribution is -2.54. The zero-order valence-corrected chi connectivity index (χ0v) is 21.9. The predicted octanol–water partition coefficient (Wildman–Crippen LogP) is 6.85. The van der Waals surface area contributed by atoms with Gasteiger partial charge in [0.05, 0.1) is 12.2 Å². The number of hydrogen-bond acceptors (Lipinski definition) is 2. The maximum atomic E-state index is 11.2. The van der Waals surface area contributed by atoms with E-state index in [1.165, 1.54) is 37.7 Å². The average molecular weight is 443 g/mol. The quantitative estimate of drug-likeness (QED) is 0.467. The molecule has 0 amide bonds. The molecule has 0 aromatic rings. The third-order valence-electron chi connectivity index (χ3n) is 12.8. The fourth-order valence-electron chi connectivity index (χ4n) is 10.4. The van der Waals surface area contributed by atoms with E-state index < -0.39 is 0 Å².